The Bertz CT molecular complexity index is 401. The average Bonchev–Trinajstić information content (AvgIpc) is 2.39. The van der Waals surface area contributed by atoms with Crippen LogP contribution in [0.15, 0.2) is 36.1 Å². The molecule has 1 heterocycles. The lowest BCUT2D eigenvalue weighted by atomic mass is 9.99. The van der Waals surface area contributed by atoms with Gasteiger partial charge in [0.05, 0.1) is 12.6 Å². The number of nitrogens with two attached hydrogens (primary N) is 1. The normalized spacial score (nSPS) is 17.2. The van der Waals surface area contributed by atoms with Crippen molar-refractivity contribution in [3.8, 4) is 0 Å². The summed E-state index contributed by atoms with van der Waals surface area (Å²) in [7, 11) is 0. The van der Waals surface area contributed by atoms with Crippen LogP contribution >= 0.6 is 0 Å². The van der Waals surface area contributed by atoms with E-state index in [0.29, 0.717) is 0 Å². The molecule has 0 aliphatic carbocycles. The molecular weight excluding hydrogens is 212 g/mol. The summed E-state index contributed by atoms with van der Waals surface area (Å²) in [6, 6.07) is 8.46. The van der Waals surface area contributed by atoms with Crippen LogP contribution in [0.25, 0.3) is 0 Å². The summed E-state index contributed by atoms with van der Waals surface area (Å²) in [5.41, 5.74) is 5.46. The van der Waals surface area contributed by atoms with Gasteiger partial charge >= 0.3 is 0 Å². The van der Waals surface area contributed by atoms with Crippen LogP contribution in [-0.2, 0) is 11.2 Å². The molecule has 1 aromatic carbocycles. The highest BCUT2D eigenvalue weighted by molar-refractivity contribution is 5.28. The third-order valence-electron chi connectivity index (χ3n) is 3.19. The van der Waals surface area contributed by atoms with Gasteiger partial charge in [0.15, 0.2) is 0 Å². The van der Waals surface area contributed by atoms with Gasteiger partial charge in [-0.3, -0.25) is 5.84 Å². The first kappa shape index (κ1) is 12.1. The Hall–Kier alpha value is -1.32. The van der Waals surface area contributed by atoms with Gasteiger partial charge in [0.25, 0.3) is 0 Å². The number of allylic oxidation sites excluding steroid dienone is 1. The third kappa shape index (κ3) is 3.08. The number of hydrogen-bond donors (Lipinski definition) is 2. The number of aryl methyl sites for hydroxylation is 1. The maximum Gasteiger partial charge on any atom is 0.111 e. The number of ether oxygens (including phenoxy) is 1. The molecule has 0 saturated heterocycles. The van der Waals surface area contributed by atoms with Crippen LogP contribution < -0.4 is 11.3 Å². The molecule has 3 heteroatoms. The van der Waals surface area contributed by atoms with Gasteiger partial charge in [-0.2, -0.15) is 0 Å². The quantitative estimate of drug-likeness (QED) is 0.617. The molecule has 17 heavy (non-hydrogen) atoms. The zero-order valence-corrected chi connectivity index (χ0v) is 10.3. The Kier molecular flexibility index (Phi) is 4.18. The predicted molar refractivity (Wildman–Crippen MR) is 69.3 cm³/mol. The molecule has 1 atom stereocenters. The minimum atomic E-state index is 0.0800. The molecule has 1 unspecified atom stereocenters. The summed E-state index contributed by atoms with van der Waals surface area (Å²) in [6.45, 7) is 2.93. The van der Waals surface area contributed by atoms with Crippen molar-refractivity contribution in [1.82, 2.24) is 5.43 Å². The molecule has 0 radical (unpaired) electrons. The summed E-state index contributed by atoms with van der Waals surface area (Å²) in [4.78, 5) is 0. The molecule has 1 aliphatic rings. The highest BCUT2D eigenvalue weighted by Gasteiger charge is 2.17. The molecular formula is C14H20N2O. The molecule has 3 nitrogen and oxygen atoms in total. The minimum absolute atomic E-state index is 0.0800. The molecule has 0 saturated carbocycles. The maximum absolute atomic E-state index is 5.66. The van der Waals surface area contributed by atoms with Crippen LogP contribution in [-0.4, -0.2) is 12.6 Å². The van der Waals surface area contributed by atoms with Crippen LogP contribution in [0.3, 0.4) is 0 Å². The van der Waals surface area contributed by atoms with E-state index in [2.05, 4.69) is 42.7 Å². The van der Waals surface area contributed by atoms with Crippen LogP contribution in [0.5, 0.6) is 0 Å². The van der Waals surface area contributed by atoms with Crippen molar-refractivity contribution in [3.63, 3.8) is 0 Å². The summed E-state index contributed by atoms with van der Waals surface area (Å²) >= 11 is 0. The monoisotopic (exact) mass is 232 g/mol. The van der Waals surface area contributed by atoms with Gasteiger partial charge in [0.1, 0.15) is 5.76 Å². The third-order valence-corrected chi connectivity index (χ3v) is 3.19. The van der Waals surface area contributed by atoms with Gasteiger partial charge < -0.3 is 4.74 Å². The lowest BCUT2D eigenvalue weighted by molar-refractivity contribution is 0.167. The Labute approximate surface area is 103 Å². The van der Waals surface area contributed by atoms with E-state index < -0.39 is 0 Å². The van der Waals surface area contributed by atoms with Crippen molar-refractivity contribution in [1.29, 1.82) is 0 Å². The number of hydrazine groups is 1. The fraction of sp³-hybridized carbons (Fsp3) is 0.429. The van der Waals surface area contributed by atoms with Gasteiger partial charge in [-0.15, -0.1) is 0 Å². The van der Waals surface area contributed by atoms with Crippen molar-refractivity contribution in [2.24, 2.45) is 5.84 Å². The standard InChI is InChI=1S/C14H20N2O/c1-11-6-2-3-7-12(11)10-13(16-15)14-8-4-5-9-17-14/h2-3,6-8,13,16H,4-5,9-10,15H2,1H3. The van der Waals surface area contributed by atoms with Gasteiger partial charge in [-0.1, -0.05) is 24.3 Å². The van der Waals surface area contributed by atoms with E-state index in [1.807, 2.05) is 0 Å². The Morgan fingerprint density at radius 3 is 2.88 bits per heavy atom. The van der Waals surface area contributed by atoms with Crippen molar-refractivity contribution in [2.45, 2.75) is 32.2 Å². The lowest BCUT2D eigenvalue weighted by Crippen LogP contribution is -2.39. The van der Waals surface area contributed by atoms with Crippen molar-refractivity contribution < 1.29 is 4.74 Å². The Morgan fingerprint density at radius 1 is 1.41 bits per heavy atom. The van der Waals surface area contributed by atoms with E-state index in [0.717, 1.165) is 31.6 Å². The van der Waals surface area contributed by atoms with E-state index in [9.17, 15) is 0 Å². The van der Waals surface area contributed by atoms with Crippen LogP contribution in [0.4, 0.5) is 0 Å². The molecule has 1 aromatic rings. The number of benzene rings is 1. The average molecular weight is 232 g/mol. The predicted octanol–water partition coefficient (Wildman–Crippen LogP) is 2.06. The summed E-state index contributed by atoms with van der Waals surface area (Å²) in [5, 5.41) is 0. The first-order chi connectivity index (χ1) is 8.31. The van der Waals surface area contributed by atoms with Crippen molar-refractivity contribution in [2.75, 3.05) is 6.61 Å². The number of nitrogens with one attached hydrogen (secondary N) is 1. The van der Waals surface area contributed by atoms with Gasteiger partial charge in [0, 0.05) is 0 Å². The smallest absolute Gasteiger partial charge is 0.111 e. The van der Waals surface area contributed by atoms with Crippen LogP contribution in [0, 0.1) is 6.92 Å². The lowest BCUT2D eigenvalue weighted by Gasteiger charge is -2.23. The highest BCUT2D eigenvalue weighted by atomic mass is 16.5. The number of hydrogen-bond acceptors (Lipinski definition) is 3. The maximum atomic E-state index is 5.66. The second-order valence-electron chi connectivity index (χ2n) is 4.45. The largest absolute Gasteiger partial charge is 0.497 e. The second kappa shape index (κ2) is 5.84. The van der Waals surface area contributed by atoms with Gasteiger partial charge in [0.2, 0.25) is 0 Å². The first-order valence-corrected chi connectivity index (χ1v) is 6.14. The van der Waals surface area contributed by atoms with Crippen LogP contribution in [0.2, 0.25) is 0 Å². The van der Waals surface area contributed by atoms with Crippen molar-refractivity contribution >= 4 is 0 Å². The molecule has 92 valence electrons. The second-order valence-corrected chi connectivity index (χ2v) is 4.45. The zero-order valence-electron chi connectivity index (χ0n) is 10.3. The zero-order chi connectivity index (χ0) is 12.1. The summed E-state index contributed by atoms with van der Waals surface area (Å²) in [6.07, 6.45) is 5.20. The van der Waals surface area contributed by atoms with E-state index in [-0.39, 0.29) is 6.04 Å². The van der Waals surface area contributed by atoms with Crippen molar-refractivity contribution in [3.05, 3.63) is 47.2 Å². The molecule has 0 bridgehead atoms. The SMILES string of the molecule is Cc1ccccc1CC(NN)C1=CCCCO1. The van der Waals surface area contributed by atoms with Gasteiger partial charge in [-0.05, 0) is 43.4 Å². The molecule has 2 rings (SSSR count). The van der Waals surface area contributed by atoms with E-state index in [1.54, 1.807) is 0 Å². The molecule has 0 spiro atoms. The van der Waals surface area contributed by atoms with Crippen LogP contribution in [0.1, 0.15) is 24.0 Å². The fourth-order valence-electron chi connectivity index (χ4n) is 2.12. The molecule has 3 N–H and O–H groups in total. The van der Waals surface area contributed by atoms with E-state index in [1.165, 1.54) is 11.1 Å². The van der Waals surface area contributed by atoms with Gasteiger partial charge in [-0.25, -0.2) is 5.43 Å². The molecule has 0 aromatic heterocycles. The molecule has 1 aliphatic heterocycles. The molecule has 0 fully saturated rings. The Balaban J connectivity index is 2.09. The fourth-order valence-corrected chi connectivity index (χ4v) is 2.12. The summed E-state index contributed by atoms with van der Waals surface area (Å²) in [5.74, 6) is 6.62. The number of rotatable bonds is 4. The molecule has 0 amide bonds. The Morgan fingerprint density at radius 2 is 2.24 bits per heavy atom. The topological polar surface area (TPSA) is 47.3 Å². The first-order valence-electron chi connectivity index (χ1n) is 6.14. The summed E-state index contributed by atoms with van der Waals surface area (Å²) < 4.78 is 5.66. The van der Waals surface area contributed by atoms with E-state index >= 15 is 0 Å². The highest BCUT2D eigenvalue weighted by Crippen LogP contribution is 2.18. The van der Waals surface area contributed by atoms with E-state index in [4.69, 9.17) is 10.6 Å². The minimum Gasteiger partial charge on any atom is -0.497 e.